The number of sulfone groups is 1. The van der Waals surface area contributed by atoms with Gasteiger partial charge in [-0.1, -0.05) is 25.1 Å². The normalized spacial score (nSPS) is 27.1. The Kier molecular flexibility index (Phi) is 4.13. The zero-order valence-corrected chi connectivity index (χ0v) is 11.6. The van der Waals surface area contributed by atoms with Crippen molar-refractivity contribution in [3.05, 3.63) is 29.8 Å². The molecule has 1 aromatic rings. The Labute approximate surface area is 113 Å². The number of ether oxygens (including phenoxy) is 1. The third kappa shape index (κ3) is 3.26. The molecule has 3 unspecified atom stereocenters. The summed E-state index contributed by atoms with van der Waals surface area (Å²) in [6.07, 6.45) is -0.933. The van der Waals surface area contributed by atoms with Crippen LogP contribution in [0.3, 0.4) is 0 Å². The molecule has 0 bridgehead atoms. The molecule has 1 heterocycles. The highest BCUT2D eigenvalue weighted by Crippen LogP contribution is 2.28. The highest BCUT2D eigenvalue weighted by molar-refractivity contribution is 7.91. The lowest BCUT2D eigenvalue weighted by atomic mass is 10.0. The van der Waals surface area contributed by atoms with Gasteiger partial charge in [0.15, 0.2) is 9.84 Å². The standard InChI is InChI=1S/C13H19NO4S/c1-2-10(14)9-5-3-4-6-12(9)18-13-8-19(16,17)7-11(13)15/h3-6,10-11,13,15H,2,7-8,14H2,1H3. The highest BCUT2D eigenvalue weighted by atomic mass is 32.2. The maximum absolute atomic E-state index is 11.5. The van der Waals surface area contributed by atoms with Crippen molar-refractivity contribution in [1.29, 1.82) is 0 Å². The Morgan fingerprint density at radius 2 is 2.11 bits per heavy atom. The molecule has 1 aliphatic heterocycles. The summed E-state index contributed by atoms with van der Waals surface area (Å²) in [5.41, 5.74) is 6.83. The van der Waals surface area contributed by atoms with Gasteiger partial charge in [-0.25, -0.2) is 8.42 Å². The molecular formula is C13H19NO4S. The summed E-state index contributed by atoms with van der Waals surface area (Å²) < 4.78 is 28.6. The lowest BCUT2D eigenvalue weighted by Crippen LogP contribution is -2.30. The number of nitrogens with two attached hydrogens (primary N) is 1. The molecule has 1 saturated heterocycles. The molecule has 1 fully saturated rings. The average Bonchev–Trinajstić information content (AvgIpc) is 2.62. The van der Waals surface area contributed by atoms with E-state index in [1.807, 2.05) is 19.1 Å². The molecule has 1 aromatic carbocycles. The van der Waals surface area contributed by atoms with Gasteiger partial charge in [0.1, 0.15) is 18.0 Å². The number of para-hydroxylation sites is 1. The van der Waals surface area contributed by atoms with E-state index in [1.165, 1.54) is 0 Å². The number of rotatable bonds is 4. The largest absolute Gasteiger partial charge is 0.486 e. The topological polar surface area (TPSA) is 89.6 Å². The van der Waals surface area contributed by atoms with Gasteiger partial charge in [-0.05, 0) is 12.5 Å². The number of aliphatic hydroxyl groups is 1. The van der Waals surface area contributed by atoms with Crippen LogP contribution >= 0.6 is 0 Å². The van der Waals surface area contributed by atoms with Crippen LogP contribution in [0.4, 0.5) is 0 Å². The van der Waals surface area contributed by atoms with Gasteiger partial charge in [0, 0.05) is 11.6 Å². The second-order valence-electron chi connectivity index (χ2n) is 4.85. The molecule has 6 heteroatoms. The van der Waals surface area contributed by atoms with Gasteiger partial charge >= 0.3 is 0 Å². The van der Waals surface area contributed by atoms with Crippen molar-refractivity contribution >= 4 is 9.84 Å². The maximum atomic E-state index is 11.5. The number of hydrogen-bond acceptors (Lipinski definition) is 5. The first kappa shape index (κ1) is 14.3. The van der Waals surface area contributed by atoms with Crippen LogP contribution in [-0.2, 0) is 9.84 Å². The number of aliphatic hydroxyl groups excluding tert-OH is 1. The minimum absolute atomic E-state index is 0.149. The van der Waals surface area contributed by atoms with E-state index in [2.05, 4.69) is 0 Å². The second-order valence-corrected chi connectivity index (χ2v) is 7.01. The van der Waals surface area contributed by atoms with Crippen molar-refractivity contribution in [3.8, 4) is 5.75 Å². The van der Waals surface area contributed by atoms with E-state index in [1.54, 1.807) is 12.1 Å². The van der Waals surface area contributed by atoms with Gasteiger partial charge < -0.3 is 15.6 Å². The monoisotopic (exact) mass is 285 g/mol. The van der Waals surface area contributed by atoms with E-state index in [0.717, 1.165) is 12.0 Å². The second kappa shape index (κ2) is 5.48. The zero-order chi connectivity index (χ0) is 14.0. The van der Waals surface area contributed by atoms with Crippen LogP contribution in [0.2, 0.25) is 0 Å². The van der Waals surface area contributed by atoms with E-state index in [0.29, 0.717) is 5.75 Å². The molecular weight excluding hydrogens is 266 g/mol. The Morgan fingerprint density at radius 1 is 1.42 bits per heavy atom. The third-order valence-electron chi connectivity index (χ3n) is 3.31. The van der Waals surface area contributed by atoms with Gasteiger partial charge in [-0.15, -0.1) is 0 Å². The van der Waals surface area contributed by atoms with Crippen LogP contribution in [0, 0.1) is 0 Å². The molecule has 3 atom stereocenters. The number of benzene rings is 1. The van der Waals surface area contributed by atoms with Gasteiger partial charge in [0.25, 0.3) is 0 Å². The number of hydrogen-bond donors (Lipinski definition) is 2. The lowest BCUT2D eigenvalue weighted by molar-refractivity contribution is 0.0728. The summed E-state index contributed by atoms with van der Waals surface area (Å²) in [7, 11) is -3.21. The first-order chi connectivity index (χ1) is 8.93. The summed E-state index contributed by atoms with van der Waals surface area (Å²) in [4.78, 5) is 0. The van der Waals surface area contributed by atoms with Crippen LogP contribution in [0.15, 0.2) is 24.3 Å². The minimum Gasteiger partial charge on any atom is -0.486 e. The van der Waals surface area contributed by atoms with Crippen LogP contribution in [0.5, 0.6) is 5.75 Å². The Hall–Kier alpha value is -1.11. The highest BCUT2D eigenvalue weighted by Gasteiger charge is 2.38. The SMILES string of the molecule is CCC(N)c1ccccc1OC1CS(=O)(=O)CC1O. The van der Waals surface area contributed by atoms with E-state index in [-0.39, 0.29) is 17.5 Å². The smallest absolute Gasteiger partial charge is 0.156 e. The predicted molar refractivity (Wildman–Crippen MR) is 72.7 cm³/mol. The summed E-state index contributed by atoms with van der Waals surface area (Å²) in [6.45, 7) is 1.97. The molecule has 2 rings (SSSR count). The van der Waals surface area contributed by atoms with Gasteiger partial charge in [-0.3, -0.25) is 0 Å². The fourth-order valence-electron chi connectivity index (χ4n) is 2.19. The first-order valence-electron chi connectivity index (χ1n) is 6.32. The van der Waals surface area contributed by atoms with Crippen LogP contribution in [-0.4, -0.2) is 37.2 Å². The first-order valence-corrected chi connectivity index (χ1v) is 8.14. The zero-order valence-electron chi connectivity index (χ0n) is 10.8. The maximum Gasteiger partial charge on any atom is 0.156 e. The Morgan fingerprint density at radius 3 is 2.68 bits per heavy atom. The summed E-state index contributed by atoms with van der Waals surface area (Å²) in [5, 5.41) is 9.74. The van der Waals surface area contributed by atoms with Crippen molar-refractivity contribution in [2.75, 3.05) is 11.5 Å². The summed E-state index contributed by atoms with van der Waals surface area (Å²) in [6, 6.07) is 7.12. The van der Waals surface area contributed by atoms with Crippen LogP contribution in [0.1, 0.15) is 24.9 Å². The van der Waals surface area contributed by atoms with Gasteiger partial charge in [0.05, 0.1) is 11.5 Å². The molecule has 0 aliphatic carbocycles. The van der Waals surface area contributed by atoms with E-state index >= 15 is 0 Å². The molecule has 5 nitrogen and oxygen atoms in total. The lowest BCUT2D eigenvalue weighted by Gasteiger charge is -2.20. The molecule has 0 spiro atoms. The molecule has 106 valence electrons. The molecule has 0 amide bonds. The summed E-state index contributed by atoms with van der Waals surface area (Å²) in [5.74, 6) is 0.168. The van der Waals surface area contributed by atoms with Crippen molar-refractivity contribution in [1.82, 2.24) is 0 Å². The molecule has 3 N–H and O–H groups in total. The van der Waals surface area contributed by atoms with Gasteiger partial charge in [0.2, 0.25) is 0 Å². The average molecular weight is 285 g/mol. The predicted octanol–water partition coefficient (Wildman–Crippen LogP) is 0.633. The van der Waals surface area contributed by atoms with Gasteiger partial charge in [-0.2, -0.15) is 0 Å². The van der Waals surface area contributed by atoms with Crippen molar-refractivity contribution in [3.63, 3.8) is 0 Å². The van der Waals surface area contributed by atoms with Crippen LogP contribution < -0.4 is 10.5 Å². The molecule has 1 aliphatic rings. The van der Waals surface area contributed by atoms with Crippen molar-refractivity contribution < 1.29 is 18.3 Å². The van der Waals surface area contributed by atoms with E-state index < -0.39 is 22.0 Å². The molecule has 0 radical (unpaired) electrons. The molecule has 0 aromatic heterocycles. The molecule has 0 saturated carbocycles. The fourth-order valence-corrected chi connectivity index (χ4v) is 3.85. The quantitative estimate of drug-likeness (QED) is 0.847. The van der Waals surface area contributed by atoms with E-state index in [9.17, 15) is 13.5 Å². The Balaban J connectivity index is 2.20. The van der Waals surface area contributed by atoms with E-state index in [4.69, 9.17) is 10.5 Å². The summed E-state index contributed by atoms with van der Waals surface area (Å²) >= 11 is 0. The van der Waals surface area contributed by atoms with Crippen molar-refractivity contribution in [2.24, 2.45) is 5.73 Å². The van der Waals surface area contributed by atoms with Crippen molar-refractivity contribution in [2.45, 2.75) is 31.6 Å². The Bertz CT molecular complexity index is 543. The third-order valence-corrected chi connectivity index (χ3v) is 4.99. The fraction of sp³-hybridized carbons (Fsp3) is 0.538. The molecule has 19 heavy (non-hydrogen) atoms. The van der Waals surface area contributed by atoms with Crippen LogP contribution in [0.25, 0.3) is 0 Å². The minimum atomic E-state index is -3.21.